The van der Waals surface area contributed by atoms with Crippen LogP contribution in [0.15, 0.2) is 97.0 Å². The minimum Gasteiger partial charge on any atom is -0.383 e. The summed E-state index contributed by atoms with van der Waals surface area (Å²) in [5, 5.41) is 1.10. The van der Waals surface area contributed by atoms with Crippen LogP contribution in [0.2, 0.25) is 0 Å². The zero-order chi connectivity index (χ0) is 31.0. The van der Waals surface area contributed by atoms with Gasteiger partial charge in [0.05, 0.1) is 17.0 Å². The number of fused-ring (bicyclic) bond motifs is 1. The van der Waals surface area contributed by atoms with Crippen molar-refractivity contribution in [3.63, 3.8) is 0 Å². The Hall–Kier alpha value is -4.34. The van der Waals surface area contributed by atoms with Gasteiger partial charge in [0.25, 0.3) is 0 Å². The number of hydrogen-bond donors (Lipinski definition) is 1. The average Bonchev–Trinajstić information content (AvgIpc) is 3.43. The van der Waals surface area contributed by atoms with Gasteiger partial charge in [-0.1, -0.05) is 61.9 Å². The summed E-state index contributed by atoms with van der Waals surface area (Å²) in [6, 6.07) is 26.6. The van der Waals surface area contributed by atoms with Gasteiger partial charge in [0, 0.05) is 42.5 Å². The van der Waals surface area contributed by atoms with Gasteiger partial charge in [0.2, 0.25) is 0 Å². The number of benzene rings is 2. The van der Waals surface area contributed by atoms with E-state index in [1.54, 1.807) is 6.20 Å². The first-order valence-corrected chi connectivity index (χ1v) is 17.4. The predicted molar refractivity (Wildman–Crippen MR) is 180 cm³/mol. The lowest BCUT2D eigenvalue weighted by Gasteiger charge is -2.54. The second kappa shape index (κ2) is 11.9. The maximum atomic E-state index is 11.9. The standard InChI is InChI=1S/C36H38N6O2S/c1-2-45(43,44)21-18-26-8-6-19-36(22-26)24-41(25-36)23-27-12-14-29(15-13-27)42-34(30-11-7-20-38-33(30)37)40-32-17-16-31(39-35(32)42)28-9-4-3-5-10-28/h2-5,7,9-17,20,26H,1,6,8,18-19,21-25H2,(H2,37,38). The van der Waals surface area contributed by atoms with E-state index in [1.165, 1.54) is 18.4 Å². The number of nitrogens with two attached hydrogens (primary N) is 1. The van der Waals surface area contributed by atoms with Gasteiger partial charge in [-0.2, -0.15) is 0 Å². The van der Waals surface area contributed by atoms with Gasteiger partial charge in [-0.25, -0.2) is 23.4 Å². The van der Waals surface area contributed by atoms with Crippen LogP contribution in [0.25, 0.3) is 39.5 Å². The van der Waals surface area contributed by atoms with E-state index in [2.05, 4.69) is 57.4 Å². The molecule has 0 amide bonds. The number of pyridine rings is 2. The molecular weight excluding hydrogens is 581 g/mol. The molecule has 0 radical (unpaired) electrons. The van der Waals surface area contributed by atoms with Gasteiger partial charge in [-0.15, -0.1) is 0 Å². The quantitative estimate of drug-likeness (QED) is 0.197. The summed E-state index contributed by atoms with van der Waals surface area (Å²) in [5.41, 5.74) is 13.1. The third kappa shape index (κ3) is 6.02. The molecule has 5 aromatic rings. The van der Waals surface area contributed by atoms with Crippen molar-refractivity contribution < 1.29 is 8.42 Å². The molecule has 0 bridgehead atoms. The van der Waals surface area contributed by atoms with E-state index >= 15 is 0 Å². The molecule has 1 spiro atoms. The SMILES string of the molecule is C=CS(=O)(=O)CCC1CCCC2(C1)CN(Cc1ccc(-n3c(-c4cccnc4N)nc4ccc(-c5ccccc5)nc43)cc1)C2. The number of aromatic nitrogens is 4. The Labute approximate surface area is 264 Å². The molecule has 3 aromatic heterocycles. The van der Waals surface area contributed by atoms with Crippen molar-refractivity contribution >= 4 is 26.8 Å². The van der Waals surface area contributed by atoms with Gasteiger partial charge < -0.3 is 5.73 Å². The van der Waals surface area contributed by atoms with E-state index in [4.69, 9.17) is 15.7 Å². The second-order valence-corrected chi connectivity index (χ2v) is 14.8. The zero-order valence-electron chi connectivity index (χ0n) is 25.3. The first kappa shape index (κ1) is 29.4. The number of nitrogens with zero attached hydrogens (tertiary/aromatic N) is 5. The molecule has 2 aliphatic rings. The van der Waals surface area contributed by atoms with Crippen molar-refractivity contribution in [1.82, 2.24) is 24.4 Å². The monoisotopic (exact) mass is 618 g/mol. The van der Waals surface area contributed by atoms with Crippen LogP contribution in [-0.4, -0.2) is 51.7 Å². The molecule has 230 valence electrons. The Morgan fingerprint density at radius 3 is 2.53 bits per heavy atom. The average molecular weight is 619 g/mol. The van der Waals surface area contributed by atoms with Crippen molar-refractivity contribution in [1.29, 1.82) is 0 Å². The number of rotatable bonds is 9. The fourth-order valence-corrected chi connectivity index (χ4v) is 8.14. The molecule has 9 heteroatoms. The Morgan fingerprint density at radius 1 is 0.978 bits per heavy atom. The second-order valence-electron chi connectivity index (χ2n) is 12.7. The molecule has 2 N–H and O–H groups in total. The highest BCUT2D eigenvalue weighted by molar-refractivity contribution is 7.94. The maximum Gasteiger partial charge on any atom is 0.171 e. The molecule has 1 aliphatic carbocycles. The molecule has 1 atom stereocenters. The molecule has 2 fully saturated rings. The number of likely N-dealkylation sites (tertiary alicyclic amines) is 1. The molecule has 1 saturated carbocycles. The van der Waals surface area contributed by atoms with Gasteiger partial charge in [-0.05, 0) is 72.6 Å². The third-order valence-corrected chi connectivity index (χ3v) is 10.8. The van der Waals surface area contributed by atoms with Crippen LogP contribution in [0.1, 0.15) is 37.7 Å². The van der Waals surface area contributed by atoms with E-state index in [0.717, 1.165) is 78.0 Å². The van der Waals surface area contributed by atoms with E-state index in [1.807, 2.05) is 42.5 Å². The smallest absolute Gasteiger partial charge is 0.171 e. The lowest BCUT2D eigenvalue weighted by molar-refractivity contribution is -0.0488. The number of imidazole rings is 1. The number of anilines is 1. The third-order valence-electron chi connectivity index (χ3n) is 9.48. The largest absolute Gasteiger partial charge is 0.383 e. The van der Waals surface area contributed by atoms with E-state index in [-0.39, 0.29) is 5.75 Å². The molecule has 4 heterocycles. The molecule has 45 heavy (non-hydrogen) atoms. The first-order valence-electron chi connectivity index (χ1n) is 15.6. The van der Waals surface area contributed by atoms with Crippen LogP contribution >= 0.6 is 0 Å². The Balaban J connectivity index is 1.11. The van der Waals surface area contributed by atoms with Gasteiger partial charge in [0.1, 0.15) is 11.3 Å². The summed E-state index contributed by atoms with van der Waals surface area (Å²) < 4.78 is 26.0. The van der Waals surface area contributed by atoms with Crippen molar-refractivity contribution in [3.8, 4) is 28.3 Å². The predicted octanol–water partition coefficient (Wildman–Crippen LogP) is 6.67. The molecule has 1 unspecified atom stereocenters. The lowest BCUT2D eigenvalue weighted by atomic mass is 9.64. The lowest BCUT2D eigenvalue weighted by Crippen LogP contribution is -2.57. The molecule has 2 aromatic carbocycles. The minimum atomic E-state index is -3.13. The highest BCUT2D eigenvalue weighted by Gasteiger charge is 2.45. The van der Waals surface area contributed by atoms with Crippen LogP contribution in [0, 0.1) is 11.3 Å². The van der Waals surface area contributed by atoms with Crippen molar-refractivity contribution in [2.75, 3.05) is 24.6 Å². The summed E-state index contributed by atoms with van der Waals surface area (Å²) in [7, 11) is -3.13. The number of nitrogen functional groups attached to an aromatic ring is 1. The Morgan fingerprint density at radius 2 is 1.78 bits per heavy atom. The number of hydrogen-bond acceptors (Lipinski definition) is 7. The normalized spacial score (nSPS) is 18.2. The highest BCUT2D eigenvalue weighted by atomic mass is 32.2. The molecule has 1 aliphatic heterocycles. The van der Waals surface area contributed by atoms with E-state index in [0.29, 0.717) is 23.0 Å². The summed E-state index contributed by atoms with van der Waals surface area (Å²) >= 11 is 0. The van der Waals surface area contributed by atoms with Gasteiger partial charge in [0.15, 0.2) is 21.3 Å². The van der Waals surface area contributed by atoms with Crippen LogP contribution < -0.4 is 5.73 Å². The molecule has 8 nitrogen and oxygen atoms in total. The van der Waals surface area contributed by atoms with Crippen LogP contribution in [0.4, 0.5) is 5.82 Å². The van der Waals surface area contributed by atoms with Crippen molar-refractivity contribution in [3.05, 3.63) is 103 Å². The van der Waals surface area contributed by atoms with E-state index in [9.17, 15) is 8.42 Å². The summed E-state index contributed by atoms with van der Waals surface area (Å²) in [6.07, 6.45) is 7.11. The van der Waals surface area contributed by atoms with E-state index < -0.39 is 9.84 Å². The minimum absolute atomic E-state index is 0.220. The Bertz CT molecular complexity index is 1950. The number of sulfone groups is 1. The Kier molecular flexibility index (Phi) is 7.75. The molecule has 1 saturated heterocycles. The zero-order valence-corrected chi connectivity index (χ0v) is 26.2. The van der Waals surface area contributed by atoms with Crippen molar-refractivity contribution in [2.24, 2.45) is 11.3 Å². The van der Waals surface area contributed by atoms with Crippen LogP contribution in [0.3, 0.4) is 0 Å². The van der Waals surface area contributed by atoms with Gasteiger partial charge in [-0.3, -0.25) is 9.47 Å². The topological polar surface area (TPSA) is 107 Å². The summed E-state index contributed by atoms with van der Waals surface area (Å²) in [4.78, 5) is 16.9. The summed E-state index contributed by atoms with van der Waals surface area (Å²) in [6.45, 7) is 6.49. The fraction of sp³-hybridized carbons (Fsp3) is 0.306. The highest BCUT2D eigenvalue weighted by Crippen LogP contribution is 2.47. The van der Waals surface area contributed by atoms with Crippen LogP contribution in [-0.2, 0) is 16.4 Å². The maximum absolute atomic E-state index is 11.9. The fourth-order valence-electron chi connectivity index (χ4n) is 7.31. The van der Waals surface area contributed by atoms with Gasteiger partial charge >= 0.3 is 0 Å². The molecular formula is C36H38N6O2S. The van der Waals surface area contributed by atoms with Crippen LogP contribution in [0.5, 0.6) is 0 Å². The summed E-state index contributed by atoms with van der Waals surface area (Å²) in [5.74, 6) is 1.84. The first-order chi connectivity index (χ1) is 21.8. The molecule has 7 rings (SSSR count). The van der Waals surface area contributed by atoms with Crippen molar-refractivity contribution in [2.45, 2.75) is 38.6 Å².